The van der Waals surface area contributed by atoms with Gasteiger partial charge in [-0.3, -0.25) is 0 Å². The van der Waals surface area contributed by atoms with Gasteiger partial charge in [0.25, 0.3) is 0 Å². The molecule has 13 heavy (non-hydrogen) atoms. The first-order chi connectivity index (χ1) is 6.33. The van der Waals surface area contributed by atoms with Gasteiger partial charge >= 0.3 is 0 Å². The Morgan fingerprint density at radius 3 is 3.08 bits per heavy atom. The maximum Gasteiger partial charge on any atom is 0.177 e. The second-order valence-electron chi connectivity index (χ2n) is 3.44. The number of hydrogen-bond acceptors (Lipinski definition) is 2. The lowest BCUT2D eigenvalue weighted by Crippen LogP contribution is -2.14. The van der Waals surface area contributed by atoms with Crippen LogP contribution in [0.5, 0.6) is 0 Å². The number of aromatic amines is 1. The molecule has 0 saturated heterocycles. The minimum Gasteiger partial charge on any atom is -0.337 e. The van der Waals surface area contributed by atoms with Gasteiger partial charge in [0.15, 0.2) is 4.77 Å². The Morgan fingerprint density at radius 2 is 2.46 bits per heavy atom. The maximum atomic E-state index is 5.22. The average Bonchev–Trinajstić information content (AvgIpc) is 2.71. The largest absolute Gasteiger partial charge is 0.337 e. The van der Waals surface area contributed by atoms with E-state index in [0.717, 1.165) is 10.0 Å². The Bertz CT molecular complexity index is 328. The smallest absolute Gasteiger partial charge is 0.177 e. The minimum atomic E-state index is 0.619. The molecule has 1 N–H and O–H groups in total. The summed E-state index contributed by atoms with van der Waals surface area (Å²) in [7, 11) is 0. The van der Waals surface area contributed by atoms with Crippen molar-refractivity contribution in [3.05, 3.63) is 17.2 Å². The Hall–Kier alpha value is -0.220. The van der Waals surface area contributed by atoms with E-state index < -0.39 is 0 Å². The standard InChI is InChI=1S/C9H14N2S2/c1-13-8-4-2-3-7(8)11-6-5-10-9(11)12/h5-8H,2-4H2,1H3,(H,10,12). The highest BCUT2D eigenvalue weighted by molar-refractivity contribution is 7.99. The zero-order valence-corrected chi connectivity index (χ0v) is 9.33. The Kier molecular flexibility index (Phi) is 2.79. The molecule has 2 atom stereocenters. The van der Waals surface area contributed by atoms with Crippen molar-refractivity contribution in [3.8, 4) is 0 Å². The zero-order valence-electron chi connectivity index (χ0n) is 7.69. The topological polar surface area (TPSA) is 20.7 Å². The molecule has 0 amide bonds. The van der Waals surface area contributed by atoms with Crippen LogP contribution < -0.4 is 0 Å². The second kappa shape index (κ2) is 3.88. The lowest BCUT2D eigenvalue weighted by atomic mass is 10.2. The lowest BCUT2D eigenvalue weighted by molar-refractivity contribution is 0.522. The van der Waals surface area contributed by atoms with Crippen molar-refractivity contribution >= 4 is 24.0 Å². The van der Waals surface area contributed by atoms with Gasteiger partial charge in [-0.2, -0.15) is 11.8 Å². The normalized spacial score (nSPS) is 28.1. The van der Waals surface area contributed by atoms with E-state index in [0.29, 0.717) is 6.04 Å². The third-order valence-corrected chi connectivity index (χ3v) is 4.24. The summed E-state index contributed by atoms with van der Waals surface area (Å²) in [6.45, 7) is 0. The van der Waals surface area contributed by atoms with Crippen molar-refractivity contribution in [2.24, 2.45) is 0 Å². The van der Waals surface area contributed by atoms with E-state index in [2.05, 4.69) is 22.0 Å². The fourth-order valence-corrected chi connectivity index (χ4v) is 3.34. The summed E-state index contributed by atoms with van der Waals surface area (Å²) in [5, 5.41) is 0.752. The van der Waals surface area contributed by atoms with Gasteiger partial charge in [0.1, 0.15) is 0 Å². The first-order valence-corrected chi connectivity index (χ1v) is 6.31. The molecule has 2 nitrogen and oxygen atoms in total. The van der Waals surface area contributed by atoms with Crippen molar-refractivity contribution in [2.75, 3.05) is 6.26 Å². The van der Waals surface area contributed by atoms with Crippen LogP contribution in [-0.4, -0.2) is 21.1 Å². The van der Waals surface area contributed by atoms with E-state index in [1.54, 1.807) is 0 Å². The number of H-pyrrole nitrogens is 1. The monoisotopic (exact) mass is 214 g/mol. The summed E-state index contributed by atoms with van der Waals surface area (Å²) in [4.78, 5) is 3.06. The van der Waals surface area contributed by atoms with Crippen molar-refractivity contribution in [2.45, 2.75) is 30.6 Å². The highest BCUT2D eigenvalue weighted by Gasteiger charge is 2.27. The molecule has 4 heteroatoms. The predicted molar refractivity (Wildman–Crippen MR) is 59.8 cm³/mol. The summed E-state index contributed by atoms with van der Waals surface area (Å²) < 4.78 is 3.08. The molecule has 0 aromatic carbocycles. The summed E-state index contributed by atoms with van der Waals surface area (Å²) >= 11 is 7.19. The van der Waals surface area contributed by atoms with Crippen LogP contribution in [0.3, 0.4) is 0 Å². The van der Waals surface area contributed by atoms with Crippen LogP contribution in [0.25, 0.3) is 0 Å². The van der Waals surface area contributed by atoms with E-state index in [-0.39, 0.29) is 0 Å². The molecule has 2 unspecified atom stereocenters. The number of nitrogens with zero attached hydrogens (tertiary/aromatic N) is 1. The van der Waals surface area contributed by atoms with Crippen LogP contribution in [0.1, 0.15) is 25.3 Å². The van der Waals surface area contributed by atoms with Gasteiger partial charge in [-0.05, 0) is 31.3 Å². The summed E-state index contributed by atoms with van der Waals surface area (Å²) in [6.07, 6.45) is 10.1. The van der Waals surface area contributed by atoms with Crippen LogP contribution in [0.2, 0.25) is 0 Å². The lowest BCUT2D eigenvalue weighted by Gasteiger charge is -2.18. The van der Waals surface area contributed by atoms with Crippen molar-refractivity contribution in [3.63, 3.8) is 0 Å². The quantitative estimate of drug-likeness (QED) is 0.764. The van der Waals surface area contributed by atoms with Crippen LogP contribution >= 0.6 is 24.0 Å². The average molecular weight is 214 g/mol. The summed E-state index contributed by atoms with van der Waals surface area (Å²) in [5.74, 6) is 0. The van der Waals surface area contributed by atoms with Crippen LogP contribution in [-0.2, 0) is 0 Å². The first kappa shape index (κ1) is 9.34. The van der Waals surface area contributed by atoms with Gasteiger partial charge in [-0.15, -0.1) is 0 Å². The molecular formula is C9H14N2S2. The second-order valence-corrected chi connectivity index (χ2v) is 4.91. The molecule has 1 fully saturated rings. The van der Waals surface area contributed by atoms with Gasteiger partial charge in [0, 0.05) is 23.7 Å². The van der Waals surface area contributed by atoms with Crippen molar-refractivity contribution < 1.29 is 0 Å². The molecule has 1 saturated carbocycles. The summed E-state index contributed by atoms with van der Waals surface area (Å²) in [5.41, 5.74) is 0. The molecule has 1 aromatic heterocycles. The van der Waals surface area contributed by atoms with Gasteiger partial charge in [-0.1, -0.05) is 6.42 Å². The van der Waals surface area contributed by atoms with Crippen LogP contribution in [0, 0.1) is 4.77 Å². The van der Waals surface area contributed by atoms with Gasteiger partial charge in [0.2, 0.25) is 0 Å². The number of thioether (sulfide) groups is 1. The minimum absolute atomic E-state index is 0.619. The highest BCUT2D eigenvalue weighted by atomic mass is 32.2. The van der Waals surface area contributed by atoms with E-state index in [1.165, 1.54) is 19.3 Å². The Balaban J connectivity index is 2.26. The molecule has 2 rings (SSSR count). The molecule has 0 aliphatic heterocycles. The molecule has 0 spiro atoms. The molecular weight excluding hydrogens is 200 g/mol. The number of aromatic nitrogens is 2. The fourth-order valence-electron chi connectivity index (χ4n) is 2.09. The molecule has 1 heterocycles. The fraction of sp³-hybridized carbons (Fsp3) is 0.667. The van der Waals surface area contributed by atoms with Crippen LogP contribution in [0.4, 0.5) is 0 Å². The molecule has 72 valence electrons. The highest BCUT2D eigenvalue weighted by Crippen LogP contribution is 2.37. The number of nitrogens with one attached hydrogen (secondary N) is 1. The van der Waals surface area contributed by atoms with Crippen LogP contribution in [0.15, 0.2) is 12.4 Å². The van der Waals surface area contributed by atoms with Crippen molar-refractivity contribution in [1.29, 1.82) is 0 Å². The molecule has 1 aliphatic rings. The number of hydrogen-bond donors (Lipinski definition) is 1. The van der Waals surface area contributed by atoms with Gasteiger partial charge in [0.05, 0.1) is 0 Å². The van der Waals surface area contributed by atoms with Gasteiger partial charge < -0.3 is 9.55 Å². The SMILES string of the molecule is CSC1CCCC1n1cc[nH]c1=S. The van der Waals surface area contributed by atoms with E-state index in [1.807, 2.05) is 18.0 Å². The van der Waals surface area contributed by atoms with Crippen molar-refractivity contribution in [1.82, 2.24) is 9.55 Å². The Morgan fingerprint density at radius 1 is 1.62 bits per heavy atom. The maximum absolute atomic E-state index is 5.22. The summed E-state index contributed by atoms with van der Waals surface area (Å²) in [6, 6.07) is 0.619. The van der Waals surface area contributed by atoms with E-state index in [4.69, 9.17) is 12.2 Å². The van der Waals surface area contributed by atoms with E-state index in [9.17, 15) is 0 Å². The molecule has 1 aliphatic carbocycles. The van der Waals surface area contributed by atoms with Gasteiger partial charge in [-0.25, -0.2) is 0 Å². The predicted octanol–water partition coefficient (Wildman–Crippen LogP) is 3.00. The third kappa shape index (κ3) is 1.70. The Labute approximate surface area is 87.7 Å². The number of rotatable bonds is 2. The molecule has 1 aromatic rings. The molecule has 0 radical (unpaired) electrons. The number of imidazole rings is 1. The molecule has 0 bridgehead atoms. The third-order valence-electron chi connectivity index (χ3n) is 2.75. The zero-order chi connectivity index (χ0) is 9.26. The van der Waals surface area contributed by atoms with E-state index >= 15 is 0 Å². The first-order valence-electron chi connectivity index (χ1n) is 4.61.